The number of hydrogen-bond donors (Lipinski definition) is 3. The van der Waals surface area contributed by atoms with Gasteiger partial charge in [0, 0.05) is 43.7 Å². The molecule has 0 aliphatic carbocycles. The molecule has 5 nitrogen and oxygen atoms in total. The van der Waals surface area contributed by atoms with Gasteiger partial charge in [-0.1, -0.05) is 43.7 Å². The topological polar surface area (TPSA) is 66.0 Å². The van der Waals surface area contributed by atoms with E-state index in [2.05, 4.69) is 64.3 Å². The lowest BCUT2D eigenvalue weighted by Gasteiger charge is -2.38. The fourth-order valence-corrected chi connectivity index (χ4v) is 4.42. The molecule has 3 heterocycles. The quantitative estimate of drug-likeness (QED) is 0.717. The van der Waals surface area contributed by atoms with Crippen molar-refractivity contribution in [2.24, 2.45) is 0 Å². The Morgan fingerprint density at radius 3 is 2.86 bits per heavy atom. The molecule has 5 heteroatoms. The van der Waals surface area contributed by atoms with Crippen molar-refractivity contribution < 1.29 is 4.79 Å². The summed E-state index contributed by atoms with van der Waals surface area (Å²) in [7, 11) is 0. The number of nitrogens with one attached hydrogen (secondary N) is 3. The van der Waals surface area contributed by atoms with E-state index in [9.17, 15) is 4.79 Å². The zero-order valence-corrected chi connectivity index (χ0v) is 16.6. The number of nitrogens with zero attached hydrogens (tertiary/aromatic N) is 1. The molecule has 2 aliphatic heterocycles. The Balaban J connectivity index is 1.45. The second-order valence-electron chi connectivity index (χ2n) is 7.99. The highest BCUT2D eigenvalue weighted by Crippen LogP contribution is 2.28. The van der Waals surface area contributed by atoms with Gasteiger partial charge in [0.25, 0.3) is 0 Å². The Morgan fingerprint density at radius 1 is 1.18 bits per heavy atom. The molecule has 0 unspecified atom stereocenters. The first kappa shape index (κ1) is 19.1. The number of hydrogen-bond acceptors (Lipinski definition) is 4. The lowest BCUT2D eigenvalue weighted by molar-refractivity contribution is -0.116. The fourth-order valence-electron chi connectivity index (χ4n) is 4.42. The predicted octanol–water partition coefficient (Wildman–Crippen LogP) is 3.72. The van der Waals surface area contributed by atoms with Crippen LogP contribution in [0.25, 0.3) is 0 Å². The molecule has 2 aromatic rings. The molecule has 1 aromatic heterocycles. The second-order valence-corrected chi connectivity index (χ2v) is 7.99. The molecule has 28 heavy (non-hydrogen) atoms. The minimum absolute atomic E-state index is 0.0852. The maximum Gasteiger partial charge on any atom is 0.224 e. The highest BCUT2D eigenvalue weighted by atomic mass is 16.1. The van der Waals surface area contributed by atoms with E-state index in [0.717, 1.165) is 36.3 Å². The summed E-state index contributed by atoms with van der Waals surface area (Å²) in [5.74, 6) is 0.0852. The molecular formula is C23H30N4O. The van der Waals surface area contributed by atoms with E-state index in [1.54, 1.807) is 0 Å². The van der Waals surface area contributed by atoms with Crippen LogP contribution in [0.2, 0.25) is 0 Å². The molecule has 148 valence electrons. The molecule has 3 atom stereocenters. The molecule has 0 saturated carbocycles. The average molecular weight is 379 g/mol. The number of rotatable bonds is 6. The number of carbonyl (C=O) groups is 1. The number of pyridine rings is 1. The summed E-state index contributed by atoms with van der Waals surface area (Å²) in [5, 5.41) is 10.6. The average Bonchev–Trinajstić information content (AvgIpc) is 2.73. The molecule has 3 N–H and O–H groups in total. The smallest absolute Gasteiger partial charge is 0.224 e. The van der Waals surface area contributed by atoms with Crippen molar-refractivity contribution >= 4 is 11.6 Å². The van der Waals surface area contributed by atoms with Gasteiger partial charge < -0.3 is 16.0 Å². The number of amides is 1. The van der Waals surface area contributed by atoms with Crippen LogP contribution >= 0.6 is 0 Å². The molecule has 1 amide bonds. The summed E-state index contributed by atoms with van der Waals surface area (Å²) in [6, 6.07) is 14.1. The van der Waals surface area contributed by atoms with E-state index < -0.39 is 0 Å². The molecule has 1 saturated heterocycles. The van der Waals surface area contributed by atoms with Crippen molar-refractivity contribution in [1.82, 2.24) is 15.6 Å². The number of aromatic nitrogens is 1. The Kier molecular flexibility index (Phi) is 6.03. The molecule has 0 spiro atoms. The predicted molar refractivity (Wildman–Crippen MR) is 112 cm³/mol. The molecule has 4 rings (SSSR count). The van der Waals surface area contributed by atoms with Crippen LogP contribution in [0.3, 0.4) is 0 Å². The first-order valence-corrected chi connectivity index (χ1v) is 10.5. The van der Waals surface area contributed by atoms with Crippen molar-refractivity contribution in [2.75, 3.05) is 5.32 Å². The SMILES string of the molecule is CCC[C@H]1CC[C@H](NCc2cnc3c(c2)NC(=O)CC3)[C@H](c2ccccc2)N1. The van der Waals surface area contributed by atoms with Crippen molar-refractivity contribution in [3.05, 3.63) is 59.4 Å². The maximum atomic E-state index is 11.7. The van der Waals surface area contributed by atoms with Crippen LogP contribution < -0.4 is 16.0 Å². The van der Waals surface area contributed by atoms with Crippen LogP contribution in [-0.2, 0) is 17.8 Å². The van der Waals surface area contributed by atoms with Gasteiger partial charge in [-0.25, -0.2) is 0 Å². The highest BCUT2D eigenvalue weighted by Gasteiger charge is 2.30. The van der Waals surface area contributed by atoms with Gasteiger partial charge in [-0.15, -0.1) is 0 Å². The molecule has 1 aromatic carbocycles. The van der Waals surface area contributed by atoms with E-state index in [4.69, 9.17) is 0 Å². The summed E-state index contributed by atoms with van der Waals surface area (Å²) < 4.78 is 0. The maximum absolute atomic E-state index is 11.7. The third-order valence-corrected chi connectivity index (χ3v) is 5.90. The van der Waals surface area contributed by atoms with Gasteiger partial charge in [0.15, 0.2) is 0 Å². The zero-order chi connectivity index (χ0) is 19.3. The van der Waals surface area contributed by atoms with Crippen molar-refractivity contribution in [3.8, 4) is 0 Å². The minimum atomic E-state index is 0.0852. The zero-order valence-electron chi connectivity index (χ0n) is 16.6. The van der Waals surface area contributed by atoms with Crippen molar-refractivity contribution in [2.45, 2.75) is 70.1 Å². The molecule has 1 fully saturated rings. The van der Waals surface area contributed by atoms with E-state index in [1.807, 2.05) is 6.20 Å². The van der Waals surface area contributed by atoms with E-state index in [1.165, 1.54) is 24.8 Å². The summed E-state index contributed by atoms with van der Waals surface area (Å²) in [6.07, 6.45) is 8.00. The fraction of sp³-hybridized carbons (Fsp3) is 0.478. The largest absolute Gasteiger partial charge is 0.324 e. The van der Waals surface area contributed by atoms with E-state index in [-0.39, 0.29) is 5.91 Å². The monoisotopic (exact) mass is 378 g/mol. The molecule has 0 radical (unpaired) electrons. The Labute approximate surface area is 167 Å². The standard InChI is InChI=1S/C23H30N4O/c1-2-6-18-9-10-20(23(26-18)17-7-4-3-5-8-17)25-15-16-13-21-19(24-14-16)11-12-22(28)27-21/h3-5,7-8,13-14,18,20,23,25-26H,2,6,9-12,15H2,1H3,(H,27,28)/t18-,20-,23-/m0/s1. The number of benzene rings is 1. The second kappa shape index (κ2) is 8.84. The van der Waals surface area contributed by atoms with Gasteiger partial charge in [-0.3, -0.25) is 9.78 Å². The molecule has 2 aliphatic rings. The Bertz CT molecular complexity index is 808. The minimum Gasteiger partial charge on any atom is -0.324 e. The summed E-state index contributed by atoms with van der Waals surface area (Å²) in [6.45, 7) is 3.01. The lowest BCUT2D eigenvalue weighted by atomic mass is 9.87. The molecular weight excluding hydrogens is 348 g/mol. The van der Waals surface area contributed by atoms with Gasteiger partial charge in [-0.2, -0.15) is 0 Å². The van der Waals surface area contributed by atoms with Crippen molar-refractivity contribution in [3.63, 3.8) is 0 Å². The highest BCUT2D eigenvalue weighted by molar-refractivity contribution is 5.93. The number of piperidine rings is 1. The first-order valence-electron chi connectivity index (χ1n) is 10.5. The molecule has 0 bridgehead atoms. The van der Waals surface area contributed by atoms with Gasteiger partial charge >= 0.3 is 0 Å². The van der Waals surface area contributed by atoms with Gasteiger partial charge in [0.1, 0.15) is 0 Å². The third-order valence-electron chi connectivity index (χ3n) is 5.90. The van der Waals surface area contributed by atoms with Crippen molar-refractivity contribution in [1.29, 1.82) is 0 Å². The van der Waals surface area contributed by atoms with Crippen LogP contribution in [0.15, 0.2) is 42.6 Å². The number of anilines is 1. The van der Waals surface area contributed by atoms with Gasteiger partial charge in [0.2, 0.25) is 5.91 Å². The van der Waals surface area contributed by atoms with Crippen LogP contribution in [0.1, 0.15) is 61.9 Å². The lowest BCUT2D eigenvalue weighted by Crippen LogP contribution is -2.50. The first-order chi connectivity index (χ1) is 13.7. The Hall–Kier alpha value is -2.24. The van der Waals surface area contributed by atoms with Crippen LogP contribution in [0.4, 0.5) is 5.69 Å². The Morgan fingerprint density at radius 2 is 2.04 bits per heavy atom. The number of aryl methyl sites for hydroxylation is 1. The normalized spacial score (nSPS) is 24.5. The van der Waals surface area contributed by atoms with Crippen LogP contribution in [-0.4, -0.2) is 23.0 Å². The van der Waals surface area contributed by atoms with Crippen LogP contribution in [0.5, 0.6) is 0 Å². The summed E-state index contributed by atoms with van der Waals surface area (Å²) in [4.78, 5) is 16.2. The summed E-state index contributed by atoms with van der Waals surface area (Å²) >= 11 is 0. The number of carbonyl (C=O) groups excluding carboxylic acids is 1. The van der Waals surface area contributed by atoms with E-state index in [0.29, 0.717) is 24.5 Å². The third kappa shape index (κ3) is 4.42. The number of fused-ring (bicyclic) bond motifs is 1. The van der Waals surface area contributed by atoms with E-state index >= 15 is 0 Å². The van der Waals surface area contributed by atoms with Gasteiger partial charge in [0.05, 0.1) is 11.4 Å². The summed E-state index contributed by atoms with van der Waals surface area (Å²) in [5.41, 5.74) is 4.33. The van der Waals surface area contributed by atoms with Crippen LogP contribution in [0, 0.1) is 0 Å². The van der Waals surface area contributed by atoms with Gasteiger partial charge in [-0.05, 0) is 36.5 Å².